The summed E-state index contributed by atoms with van der Waals surface area (Å²) in [6.45, 7) is 0.562. The van der Waals surface area contributed by atoms with E-state index in [1.54, 1.807) is 0 Å². The summed E-state index contributed by atoms with van der Waals surface area (Å²) in [6.07, 6.45) is 3.03. The van der Waals surface area contributed by atoms with Crippen molar-refractivity contribution in [2.75, 3.05) is 6.61 Å². The smallest absolute Gasteiger partial charge is 0.326 e. The van der Waals surface area contributed by atoms with Gasteiger partial charge in [-0.3, -0.25) is 4.79 Å². The van der Waals surface area contributed by atoms with E-state index in [4.69, 9.17) is 4.74 Å². The normalized spacial score (nSPS) is 16.8. The van der Waals surface area contributed by atoms with Gasteiger partial charge in [-0.25, -0.2) is 4.79 Å². The molecule has 0 saturated carbocycles. The molecule has 28 heavy (non-hydrogen) atoms. The van der Waals surface area contributed by atoms with Gasteiger partial charge >= 0.3 is 5.97 Å². The van der Waals surface area contributed by atoms with Crippen LogP contribution < -0.4 is 10.1 Å². The van der Waals surface area contributed by atoms with Crippen molar-refractivity contribution in [1.82, 2.24) is 10.3 Å². The molecule has 1 amide bonds. The molecule has 3 aromatic rings. The van der Waals surface area contributed by atoms with E-state index in [1.807, 2.05) is 54.7 Å². The van der Waals surface area contributed by atoms with Crippen molar-refractivity contribution in [3.8, 4) is 5.75 Å². The lowest BCUT2D eigenvalue weighted by Gasteiger charge is -2.26. The Balaban J connectivity index is 1.45. The molecule has 0 unspecified atom stereocenters. The van der Waals surface area contributed by atoms with Crippen LogP contribution in [0.5, 0.6) is 5.75 Å². The number of aromatic nitrogens is 1. The maximum Gasteiger partial charge on any atom is 0.326 e. The number of carboxylic acids is 1. The molecule has 1 aliphatic rings. The summed E-state index contributed by atoms with van der Waals surface area (Å²) in [5.74, 6) is -0.451. The summed E-state index contributed by atoms with van der Waals surface area (Å²) in [4.78, 5) is 27.5. The molecule has 4 rings (SSSR count). The number of aromatic amines is 1. The molecule has 144 valence electrons. The first-order chi connectivity index (χ1) is 13.6. The first-order valence-electron chi connectivity index (χ1n) is 9.40. The van der Waals surface area contributed by atoms with Gasteiger partial charge in [0.25, 0.3) is 0 Å². The van der Waals surface area contributed by atoms with Crippen LogP contribution in [0.2, 0.25) is 0 Å². The second kappa shape index (κ2) is 7.76. The zero-order valence-corrected chi connectivity index (χ0v) is 15.4. The Morgan fingerprint density at radius 3 is 2.82 bits per heavy atom. The summed E-state index contributed by atoms with van der Waals surface area (Å²) in [5, 5.41) is 13.3. The molecule has 0 aliphatic carbocycles. The van der Waals surface area contributed by atoms with Gasteiger partial charge in [-0.2, -0.15) is 0 Å². The number of hydrogen-bond acceptors (Lipinski definition) is 3. The Morgan fingerprint density at radius 2 is 1.96 bits per heavy atom. The molecule has 2 atom stereocenters. The minimum Gasteiger partial charge on any atom is -0.493 e. The second-order valence-electron chi connectivity index (χ2n) is 7.10. The highest BCUT2D eigenvalue weighted by Crippen LogP contribution is 2.35. The average Bonchev–Trinajstić information content (AvgIpc) is 3.11. The third kappa shape index (κ3) is 3.71. The zero-order valence-electron chi connectivity index (χ0n) is 15.4. The van der Waals surface area contributed by atoms with Crippen LogP contribution in [0.1, 0.15) is 29.9 Å². The highest BCUT2D eigenvalue weighted by Gasteiger charge is 2.27. The Morgan fingerprint density at radius 1 is 1.18 bits per heavy atom. The number of carboxylic acid groups (broad SMARTS) is 1. The number of aliphatic carboxylic acids is 1. The molecular formula is C22H22N2O4. The van der Waals surface area contributed by atoms with E-state index in [0.29, 0.717) is 6.61 Å². The van der Waals surface area contributed by atoms with Crippen LogP contribution in [0.4, 0.5) is 0 Å². The van der Waals surface area contributed by atoms with Crippen molar-refractivity contribution >= 4 is 22.8 Å². The summed E-state index contributed by atoms with van der Waals surface area (Å²) < 4.78 is 5.64. The second-order valence-corrected chi connectivity index (χ2v) is 7.10. The van der Waals surface area contributed by atoms with Crippen LogP contribution in [0.15, 0.2) is 54.7 Å². The number of para-hydroxylation sites is 2. The maximum atomic E-state index is 12.6. The lowest BCUT2D eigenvalue weighted by atomic mass is 9.90. The summed E-state index contributed by atoms with van der Waals surface area (Å²) >= 11 is 0. The van der Waals surface area contributed by atoms with Gasteiger partial charge in [0, 0.05) is 29.9 Å². The van der Waals surface area contributed by atoms with E-state index in [-0.39, 0.29) is 24.7 Å². The molecule has 2 heterocycles. The zero-order chi connectivity index (χ0) is 19.5. The number of fused-ring (bicyclic) bond motifs is 2. The highest BCUT2D eigenvalue weighted by atomic mass is 16.5. The fourth-order valence-electron chi connectivity index (χ4n) is 3.83. The number of hydrogen-bond donors (Lipinski definition) is 3. The number of benzene rings is 2. The van der Waals surface area contributed by atoms with Crippen molar-refractivity contribution in [2.24, 2.45) is 0 Å². The average molecular weight is 378 g/mol. The fraction of sp³-hybridized carbons (Fsp3) is 0.273. The summed E-state index contributed by atoms with van der Waals surface area (Å²) in [5.41, 5.74) is 2.83. The monoisotopic (exact) mass is 378 g/mol. The molecule has 6 heteroatoms. The van der Waals surface area contributed by atoms with Crippen LogP contribution in [0, 0.1) is 0 Å². The molecule has 0 spiro atoms. The number of carbonyl (C=O) groups excluding carboxylic acids is 1. The van der Waals surface area contributed by atoms with Crippen molar-refractivity contribution < 1.29 is 19.4 Å². The number of carbonyl (C=O) groups is 2. The van der Waals surface area contributed by atoms with Crippen LogP contribution in [-0.2, 0) is 16.0 Å². The molecule has 3 N–H and O–H groups in total. The third-order valence-corrected chi connectivity index (χ3v) is 5.25. The molecule has 0 fully saturated rings. The summed E-state index contributed by atoms with van der Waals surface area (Å²) in [7, 11) is 0. The van der Waals surface area contributed by atoms with Crippen LogP contribution >= 0.6 is 0 Å². The van der Waals surface area contributed by atoms with Crippen LogP contribution in [-0.4, -0.2) is 34.6 Å². The van der Waals surface area contributed by atoms with E-state index < -0.39 is 12.0 Å². The number of amides is 1. The lowest BCUT2D eigenvalue weighted by molar-refractivity contribution is -0.141. The van der Waals surface area contributed by atoms with Crippen molar-refractivity contribution in [2.45, 2.75) is 31.2 Å². The first-order valence-corrected chi connectivity index (χ1v) is 9.40. The van der Waals surface area contributed by atoms with Crippen LogP contribution in [0.25, 0.3) is 10.9 Å². The molecule has 1 aromatic heterocycles. The van der Waals surface area contributed by atoms with Gasteiger partial charge in [0.05, 0.1) is 6.61 Å². The predicted molar refractivity (Wildman–Crippen MR) is 105 cm³/mol. The largest absolute Gasteiger partial charge is 0.493 e. The van der Waals surface area contributed by atoms with Crippen LogP contribution in [0.3, 0.4) is 0 Å². The van der Waals surface area contributed by atoms with E-state index in [9.17, 15) is 14.7 Å². The fourth-order valence-corrected chi connectivity index (χ4v) is 3.83. The molecule has 0 saturated heterocycles. The van der Waals surface area contributed by atoms with Gasteiger partial charge in [0.1, 0.15) is 11.8 Å². The molecule has 1 aliphatic heterocycles. The first kappa shape index (κ1) is 18.1. The molecule has 6 nitrogen and oxygen atoms in total. The minimum absolute atomic E-state index is 0.0347. The van der Waals surface area contributed by atoms with Gasteiger partial charge in [0.15, 0.2) is 0 Å². The van der Waals surface area contributed by atoms with Gasteiger partial charge in [-0.15, -0.1) is 0 Å². The standard InChI is InChI=1S/C22H22N2O4/c25-21(12-14-9-10-28-20-8-4-2-6-17(14)20)24-19(22(26)27)11-15-13-23-18-7-3-1-5-16(15)18/h1-8,13-14,19,23H,9-12H2,(H,24,25)(H,26,27)/t14-,19+/m1/s1. The van der Waals surface area contributed by atoms with E-state index in [1.165, 1.54) is 0 Å². The van der Waals surface area contributed by atoms with E-state index in [0.717, 1.165) is 34.2 Å². The Hall–Kier alpha value is -3.28. The van der Waals surface area contributed by atoms with Gasteiger partial charge in [-0.1, -0.05) is 36.4 Å². The Kier molecular flexibility index (Phi) is 5.02. The number of nitrogens with one attached hydrogen (secondary N) is 2. The number of ether oxygens (including phenoxy) is 1. The third-order valence-electron chi connectivity index (χ3n) is 5.25. The lowest BCUT2D eigenvalue weighted by Crippen LogP contribution is -2.42. The van der Waals surface area contributed by atoms with Crippen molar-refractivity contribution in [1.29, 1.82) is 0 Å². The number of H-pyrrole nitrogens is 1. The molecule has 2 aromatic carbocycles. The molecule has 0 radical (unpaired) electrons. The number of rotatable bonds is 6. The molecule has 0 bridgehead atoms. The quantitative estimate of drug-likeness (QED) is 0.614. The highest BCUT2D eigenvalue weighted by molar-refractivity contribution is 5.87. The minimum atomic E-state index is -1.04. The summed E-state index contributed by atoms with van der Waals surface area (Å²) in [6, 6.07) is 14.4. The van der Waals surface area contributed by atoms with Crippen molar-refractivity contribution in [3.63, 3.8) is 0 Å². The van der Waals surface area contributed by atoms with Crippen molar-refractivity contribution in [3.05, 3.63) is 65.9 Å². The van der Waals surface area contributed by atoms with E-state index >= 15 is 0 Å². The van der Waals surface area contributed by atoms with E-state index in [2.05, 4.69) is 10.3 Å². The predicted octanol–water partition coefficient (Wildman–Crippen LogP) is 3.24. The molecular weight excluding hydrogens is 356 g/mol. The topological polar surface area (TPSA) is 91.4 Å². The Bertz CT molecular complexity index is 1010. The van der Waals surface area contributed by atoms with Gasteiger partial charge < -0.3 is 20.1 Å². The SMILES string of the molecule is O=C(C[C@H]1CCOc2ccccc21)N[C@@H](Cc1c[nH]c2ccccc12)C(=O)O. The van der Waals surface area contributed by atoms with Gasteiger partial charge in [-0.05, 0) is 35.6 Å². The van der Waals surface area contributed by atoms with Gasteiger partial charge in [0.2, 0.25) is 5.91 Å². The maximum absolute atomic E-state index is 12.6. The Labute approximate surface area is 162 Å².